The van der Waals surface area contributed by atoms with E-state index in [1.54, 1.807) is 0 Å². The first-order valence-electron chi connectivity index (χ1n) is 7.86. The fourth-order valence-electron chi connectivity index (χ4n) is 2.03. The number of hydrogen-bond donors (Lipinski definition) is 0. The molecule has 0 unspecified atom stereocenters. The average molecular weight is 276 g/mol. The number of hydrogen-bond acceptors (Lipinski definition) is 1. The Morgan fingerprint density at radius 2 is 1.45 bits per heavy atom. The van der Waals surface area contributed by atoms with Crippen molar-refractivity contribution in [2.75, 3.05) is 13.2 Å². The fourth-order valence-corrected chi connectivity index (χ4v) is 2.03. The van der Waals surface area contributed by atoms with Crippen LogP contribution in [-0.2, 0) is 16.6 Å². The van der Waals surface area contributed by atoms with E-state index in [2.05, 4.69) is 65.8 Å². The zero-order chi connectivity index (χ0) is 15.2. The topological polar surface area (TPSA) is 9.23 Å². The van der Waals surface area contributed by atoms with Crippen molar-refractivity contribution in [1.29, 1.82) is 0 Å². The lowest BCUT2D eigenvalue weighted by Crippen LogP contribution is -2.11. The van der Waals surface area contributed by atoms with Crippen molar-refractivity contribution in [3.8, 4) is 0 Å². The number of benzene rings is 1. The molecule has 0 amide bonds. The Labute approximate surface area is 125 Å². The number of rotatable bonds is 6. The second-order valence-corrected chi connectivity index (χ2v) is 7.97. The summed E-state index contributed by atoms with van der Waals surface area (Å²) in [6.45, 7) is 15.3. The SMILES string of the molecule is CC(C)(C)CCOCCCc1ccc(C(C)(C)C)cc1. The molecule has 0 spiro atoms. The smallest absolute Gasteiger partial charge is 0.0471 e. The second kappa shape index (κ2) is 7.26. The second-order valence-electron chi connectivity index (χ2n) is 7.97. The Balaban J connectivity index is 2.23. The highest BCUT2D eigenvalue weighted by Gasteiger charge is 2.12. The zero-order valence-corrected chi connectivity index (χ0v) is 14.3. The van der Waals surface area contributed by atoms with Gasteiger partial charge in [-0.3, -0.25) is 0 Å². The first kappa shape index (κ1) is 17.2. The van der Waals surface area contributed by atoms with Gasteiger partial charge in [0.25, 0.3) is 0 Å². The van der Waals surface area contributed by atoms with Crippen LogP contribution >= 0.6 is 0 Å². The van der Waals surface area contributed by atoms with Crippen LogP contribution in [0.15, 0.2) is 24.3 Å². The maximum absolute atomic E-state index is 5.71. The minimum Gasteiger partial charge on any atom is -0.381 e. The molecular formula is C19H32O. The maximum Gasteiger partial charge on any atom is 0.0471 e. The van der Waals surface area contributed by atoms with Crippen molar-refractivity contribution in [1.82, 2.24) is 0 Å². The van der Waals surface area contributed by atoms with Crippen LogP contribution in [0, 0.1) is 5.41 Å². The molecular weight excluding hydrogens is 244 g/mol. The van der Waals surface area contributed by atoms with Gasteiger partial charge in [-0.05, 0) is 41.2 Å². The average Bonchev–Trinajstić information content (AvgIpc) is 2.32. The van der Waals surface area contributed by atoms with E-state index in [9.17, 15) is 0 Å². The van der Waals surface area contributed by atoms with E-state index >= 15 is 0 Å². The standard InChI is InChI=1S/C19H32O/c1-18(2,3)13-15-20-14-7-8-16-9-11-17(12-10-16)19(4,5)6/h9-12H,7-8,13-15H2,1-6H3. The first-order chi connectivity index (χ1) is 9.18. The lowest BCUT2D eigenvalue weighted by atomic mass is 9.86. The molecule has 1 heteroatoms. The predicted molar refractivity (Wildman–Crippen MR) is 88.4 cm³/mol. The molecule has 0 bridgehead atoms. The van der Waals surface area contributed by atoms with Gasteiger partial charge in [0.2, 0.25) is 0 Å². The molecule has 0 aromatic heterocycles. The van der Waals surface area contributed by atoms with Crippen LogP contribution in [0.2, 0.25) is 0 Å². The van der Waals surface area contributed by atoms with E-state index in [1.807, 2.05) is 0 Å². The van der Waals surface area contributed by atoms with Crippen LogP contribution in [0.1, 0.15) is 65.5 Å². The summed E-state index contributed by atoms with van der Waals surface area (Å²) in [4.78, 5) is 0. The molecule has 0 radical (unpaired) electrons. The summed E-state index contributed by atoms with van der Waals surface area (Å²) in [5.74, 6) is 0. The minimum atomic E-state index is 0.245. The molecule has 1 aromatic carbocycles. The van der Waals surface area contributed by atoms with Crippen molar-refractivity contribution in [2.24, 2.45) is 5.41 Å². The molecule has 114 valence electrons. The summed E-state index contributed by atoms with van der Waals surface area (Å²) in [7, 11) is 0. The summed E-state index contributed by atoms with van der Waals surface area (Å²) in [5.41, 5.74) is 3.44. The molecule has 20 heavy (non-hydrogen) atoms. The molecule has 0 aliphatic rings. The van der Waals surface area contributed by atoms with Gasteiger partial charge in [-0.15, -0.1) is 0 Å². The Bertz CT molecular complexity index is 376. The van der Waals surface area contributed by atoms with Gasteiger partial charge < -0.3 is 4.74 Å². The lowest BCUT2D eigenvalue weighted by Gasteiger charge is -2.19. The third-order valence-electron chi connectivity index (χ3n) is 3.57. The highest BCUT2D eigenvalue weighted by atomic mass is 16.5. The van der Waals surface area contributed by atoms with Crippen LogP contribution < -0.4 is 0 Å². The van der Waals surface area contributed by atoms with Crippen molar-refractivity contribution >= 4 is 0 Å². The number of ether oxygens (including phenoxy) is 1. The maximum atomic E-state index is 5.71. The molecule has 0 saturated heterocycles. The Morgan fingerprint density at radius 3 is 1.95 bits per heavy atom. The summed E-state index contributed by atoms with van der Waals surface area (Å²) < 4.78 is 5.71. The Hall–Kier alpha value is -0.820. The van der Waals surface area contributed by atoms with Crippen molar-refractivity contribution in [2.45, 2.75) is 66.2 Å². The lowest BCUT2D eigenvalue weighted by molar-refractivity contribution is 0.106. The Morgan fingerprint density at radius 1 is 0.850 bits per heavy atom. The molecule has 0 atom stereocenters. The molecule has 1 aromatic rings. The molecule has 1 rings (SSSR count). The van der Waals surface area contributed by atoms with Crippen molar-refractivity contribution in [3.63, 3.8) is 0 Å². The van der Waals surface area contributed by atoms with Crippen molar-refractivity contribution < 1.29 is 4.74 Å². The van der Waals surface area contributed by atoms with Gasteiger partial charge in [-0.25, -0.2) is 0 Å². The van der Waals surface area contributed by atoms with Gasteiger partial charge >= 0.3 is 0 Å². The predicted octanol–water partition coefficient (Wildman–Crippen LogP) is 5.37. The molecule has 0 aliphatic carbocycles. The van der Waals surface area contributed by atoms with E-state index < -0.39 is 0 Å². The normalized spacial score (nSPS) is 12.7. The summed E-state index contributed by atoms with van der Waals surface area (Å²) >= 11 is 0. The molecule has 0 heterocycles. The van der Waals surface area contributed by atoms with E-state index in [4.69, 9.17) is 4.74 Å². The van der Waals surface area contributed by atoms with Gasteiger partial charge in [-0.2, -0.15) is 0 Å². The minimum absolute atomic E-state index is 0.245. The van der Waals surface area contributed by atoms with Gasteiger partial charge in [0.05, 0.1) is 0 Å². The quantitative estimate of drug-likeness (QED) is 0.635. The first-order valence-corrected chi connectivity index (χ1v) is 7.86. The van der Waals surface area contributed by atoms with Crippen LogP contribution in [-0.4, -0.2) is 13.2 Å². The molecule has 0 fully saturated rings. The number of aryl methyl sites for hydroxylation is 1. The summed E-state index contributed by atoms with van der Waals surface area (Å²) in [6.07, 6.45) is 3.35. The molecule has 1 nitrogen and oxygen atoms in total. The van der Waals surface area contributed by atoms with Gasteiger partial charge in [0.15, 0.2) is 0 Å². The van der Waals surface area contributed by atoms with Gasteiger partial charge in [-0.1, -0.05) is 65.8 Å². The van der Waals surface area contributed by atoms with Crippen molar-refractivity contribution in [3.05, 3.63) is 35.4 Å². The van der Waals surface area contributed by atoms with Crippen LogP contribution in [0.5, 0.6) is 0 Å². The van der Waals surface area contributed by atoms with Crippen LogP contribution in [0.25, 0.3) is 0 Å². The van der Waals surface area contributed by atoms with E-state index in [0.717, 1.165) is 32.5 Å². The van der Waals surface area contributed by atoms with Crippen LogP contribution in [0.3, 0.4) is 0 Å². The van der Waals surface area contributed by atoms with Crippen LogP contribution in [0.4, 0.5) is 0 Å². The van der Waals surface area contributed by atoms with E-state index in [1.165, 1.54) is 11.1 Å². The largest absolute Gasteiger partial charge is 0.381 e. The van der Waals surface area contributed by atoms with Gasteiger partial charge in [0, 0.05) is 13.2 Å². The third kappa shape index (κ3) is 7.09. The zero-order valence-electron chi connectivity index (χ0n) is 14.3. The summed E-state index contributed by atoms with van der Waals surface area (Å²) in [5, 5.41) is 0. The molecule has 0 saturated carbocycles. The van der Waals surface area contributed by atoms with E-state index in [0.29, 0.717) is 5.41 Å². The highest BCUT2D eigenvalue weighted by Crippen LogP contribution is 2.22. The van der Waals surface area contributed by atoms with E-state index in [-0.39, 0.29) is 5.41 Å². The molecule has 0 aliphatic heterocycles. The molecule has 0 N–H and O–H groups in total. The summed E-state index contributed by atoms with van der Waals surface area (Å²) in [6, 6.07) is 9.04. The third-order valence-corrected chi connectivity index (χ3v) is 3.57. The fraction of sp³-hybridized carbons (Fsp3) is 0.684. The monoisotopic (exact) mass is 276 g/mol. The van der Waals surface area contributed by atoms with Gasteiger partial charge in [0.1, 0.15) is 0 Å². The highest BCUT2D eigenvalue weighted by molar-refractivity contribution is 5.27. The Kier molecular flexibility index (Phi) is 6.26.